The van der Waals surface area contributed by atoms with Crippen molar-refractivity contribution < 1.29 is 22.7 Å². The molecule has 1 heterocycles. The molecule has 1 aliphatic heterocycles. The Kier molecular flexibility index (Phi) is 3.16. The van der Waals surface area contributed by atoms with Crippen molar-refractivity contribution in [1.82, 2.24) is 0 Å². The van der Waals surface area contributed by atoms with Crippen LogP contribution in [-0.4, -0.2) is 12.3 Å². The molecule has 0 unspecified atom stereocenters. The standard InChI is InChI=1S/C14H11ClF3NO2/c15-9-3-4-11-10(7-9)13(14(16,17)18,21-12(20)19-11)6-5-8-1-2-8/h3-5,7H,1-2,6H2,(H,19,20)/t13-/m0/s1. The molecular weight excluding hydrogens is 307 g/mol. The third-order valence-electron chi connectivity index (χ3n) is 3.60. The third-order valence-corrected chi connectivity index (χ3v) is 3.83. The monoisotopic (exact) mass is 317 g/mol. The van der Waals surface area contributed by atoms with Gasteiger partial charge in [0.15, 0.2) is 0 Å². The number of alkyl halides is 3. The number of halogens is 4. The highest BCUT2D eigenvalue weighted by Gasteiger charge is 2.61. The lowest BCUT2D eigenvalue weighted by Crippen LogP contribution is -2.50. The van der Waals surface area contributed by atoms with Crippen LogP contribution in [0.3, 0.4) is 0 Å². The number of benzene rings is 1. The predicted molar refractivity (Wildman–Crippen MR) is 71.2 cm³/mol. The Morgan fingerprint density at radius 2 is 2.10 bits per heavy atom. The molecule has 1 aromatic rings. The molecule has 0 radical (unpaired) electrons. The number of carbonyl (C=O) groups is 1. The van der Waals surface area contributed by atoms with Gasteiger partial charge in [0.25, 0.3) is 0 Å². The van der Waals surface area contributed by atoms with Crippen molar-refractivity contribution in [3.8, 4) is 0 Å². The van der Waals surface area contributed by atoms with Crippen LogP contribution in [0.2, 0.25) is 5.02 Å². The summed E-state index contributed by atoms with van der Waals surface area (Å²) in [4.78, 5) is 11.5. The molecular formula is C14H11ClF3NO2. The summed E-state index contributed by atoms with van der Waals surface area (Å²) >= 11 is 5.81. The van der Waals surface area contributed by atoms with E-state index in [1.165, 1.54) is 24.3 Å². The van der Waals surface area contributed by atoms with Gasteiger partial charge in [-0.15, -0.1) is 0 Å². The number of rotatable bonds is 2. The minimum atomic E-state index is -4.74. The lowest BCUT2D eigenvalue weighted by atomic mass is 9.86. The van der Waals surface area contributed by atoms with Gasteiger partial charge in [0.1, 0.15) is 0 Å². The van der Waals surface area contributed by atoms with E-state index in [0.717, 1.165) is 18.4 Å². The quantitative estimate of drug-likeness (QED) is 0.798. The minimum absolute atomic E-state index is 0.0715. The number of nitrogens with one attached hydrogen (secondary N) is 1. The van der Waals surface area contributed by atoms with Crippen molar-refractivity contribution in [2.24, 2.45) is 0 Å². The summed E-state index contributed by atoms with van der Waals surface area (Å²) in [6.45, 7) is 0. The van der Waals surface area contributed by atoms with Gasteiger partial charge in [-0.05, 0) is 31.0 Å². The molecule has 3 nitrogen and oxygen atoms in total. The summed E-state index contributed by atoms with van der Waals surface area (Å²) < 4.78 is 45.7. The zero-order valence-electron chi connectivity index (χ0n) is 10.8. The molecule has 1 amide bonds. The van der Waals surface area contributed by atoms with Crippen molar-refractivity contribution in [2.45, 2.75) is 31.0 Å². The van der Waals surface area contributed by atoms with Crippen LogP contribution in [0.15, 0.2) is 29.8 Å². The fraction of sp³-hybridized carbons (Fsp3) is 0.357. The second-order valence-corrected chi connectivity index (χ2v) is 5.53. The van der Waals surface area contributed by atoms with Gasteiger partial charge < -0.3 is 4.74 Å². The smallest absolute Gasteiger partial charge is 0.428 e. The van der Waals surface area contributed by atoms with Crippen molar-refractivity contribution >= 4 is 23.4 Å². The van der Waals surface area contributed by atoms with Gasteiger partial charge in [0, 0.05) is 17.0 Å². The second-order valence-electron chi connectivity index (χ2n) is 5.10. The van der Waals surface area contributed by atoms with E-state index in [9.17, 15) is 18.0 Å². The Hall–Kier alpha value is -1.69. The molecule has 0 aromatic heterocycles. The summed E-state index contributed by atoms with van der Waals surface area (Å²) in [6.07, 6.45) is -3.21. The normalized spacial score (nSPS) is 24.0. The van der Waals surface area contributed by atoms with Gasteiger partial charge in [0.05, 0.1) is 5.69 Å². The number of hydrogen-bond acceptors (Lipinski definition) is 2. The van der Waals surface area contributed by atoms with E-state index in [-0.39, 0.29) is 16.3 Å². The van der Waals surface area contributed by atoms with Crippen molar-refractivity contribution in [2.75, 3.05) is 5.32 Å². The van der Waals surface area contributed by atoms with Crippen molar-refractivity contribution in [3.63, 3.8) is 0 Å². The Labute approximate surface area is 123 Å². The predicted octanol–water partition coefficient (Wildman–Crippen LogP) is 4.77. The Bertz CT molecular complexity index is 636. The number of ether oxygens (including phenoxy) is 1. The van der Waals surface area contributed by atoms with E-state index < -0.39 is 24.3 Å². The van der Waals surface area contributed by atoms with Gasteiger partial charge >= 0.3 is 12.3 Å². The summed E-state index contributed by atoms with van der Waals surface area (Å²) in [7, 11) is 0. The van der Waals surface area contributed by atoms with Crippen LogP contribution >= 0.6 is 11.6 Å². The van der Waals surface area contributed by atoms with Gasteiger partial charge in [0.2, 0.25) is 5.60 Å². The number of cyclic esters (lactones) is 1. The average molecular weight is 318 g/mol. The molecule has 1 aromatic carbocycles. The van der Waals surface area contributed by atoms with E-state index >= 15 is 0 Å². The molecule has 0 spiro atoms. The minimum Gasteiger partial charge on any atom is -0.428 e. The molecule has 21 heavy (non-hydrogen) atoms. The Morgan fingerprint density at radius 1 is 1.38 bits per heavy atom. The highest BCUT2D eigenvalue weighted by atomic mass is 35.5. The van der Waals surface area contributed by atoms with E-state index in [1.807, 2.05) is 0 Å². The number of allylic oxidation sites excluding steroid dienone is 1. The lowest BCUT2D eigenvalue weighted by molar-refractivity contribution is -0.263. The molecule has 3 rings (SSSR count). The maximum Gasteiger partial charge on any atom is 0.433 e. The molecule has 1 aliphatic carbocycles. The summed E-state index contributed by atoms with van der Waals surface area (Å²) in [6, 6.07) is 3.96. The zero-order chi connectivity index (χ0) is 15.3. The molecule has 1 fully saturated rings. The van der Waals surface area contributed by atoms with Crippen LogP contribution in [-0.2, 0) is 10.3 Å². The number of hydrogen-bond donors (Lipinski definition) is 1. The maximum absolute atomic E-state index is 13.7. The summed E-state index contributed by atoms with van der Waals surface area (Å²) in [5.74, 6) is 0. The molecule has 7 heteroatoms. The molecule has 1 N–H and O–H groups in total. The highest BCUT2D eigenvalue weighted by Crippen LogP contribution is 2.51. The molecule has 1 atom stereocenters. The van der Waals surface area contributed by atoms with E-state index in [2.05, 4.69) is 5.32 Å². The SMILES string of the molecule is O=C1Nc2ccc(Cl)cc2[C@@](CC=C2CC2)(C(F)(F)F)O1. The van der Waals surface area contributed by atoms with Gasteiger partial charge in [-0.2, -0.15) is 13.2 Å². The first kappa shape index (κ1) is 14.3. The Balaban J connectivity index is 2.16. The van der Waals surface area contributed by atoms with Crippen molar-refractivity contribution in [1.29, 1.82) is 0 Å². The van der Waals surface area contributed by atoms with Crippen LogP contribution in [0.1, 0.15) is 24.8 Å². The zero-order valence-corrected chi connectivity index (χ0v) is 11.5. The van der Waals surface area contributed by atoms with E-state index in [4.69, 9.17) is 16.3 Å². The summed E-state index contributed by atoms with van der Waals surface area (Å²) in [5.41, 5.74) is -1.84. The Morgan fingerprint density at radius 3 is 2.71 bits per heavy atom. The first-order valence-electron chi connectivity index (χ1n) is 6.36. The van der Waals surface area contributed by atoms with Crippen LogP contribution in [0.4, 0.5) is 23.7 Å². The molecule has 1 saturated carbocycles. The fourth-order valence-corrected chi connectivity index (χ4v) is 2.52. The first-order chi connectivity index (χ1) is 9.82. The molecule has 2 aliphatic rings. The van der Waals surface area contributed by atoms with Crippen LogP contribution < -0.4 is 5.32 Å². The molecule has 112 valence electrons. The third kappa shape index (κ3) is 2.48. The molecule has 0 bridgehead atoms. The molecule has 0 saturated heterocycles. The van der Waals surface area contributed by atoms with E-state index in [1.54, 1.807) is 0 Å². The van der Waals surface area contributed by atoms with Gasteiger partial charge in [-0.3, -0.25) is 5.32 Å². The number of anilines is 1. The number of amides is 1. The number of carbonyl (C=O) groups excluding carboxylic acids is 1. The average Bonchev–Trinajstić information content (AvgIpc) is 3.19. The largest absolute Gasteiger partial charge is 0.433 e. The van der Waals surface area contributed by atoms with Gasteiger partial charge in [-0.1, -0.05) is 23.3 Å². The lowest BCUT2D eigenvalue weighted by Gasteiger charge is -2.39. The topological polar surface area (TPSA) is 38.3 Å². The van der Waals surface area contributed by atoms with Crippen LogP contribution in [0, 0.1) is 0 Å². The summed E-state index contributed by atoms with van der Waals surface area (Å²) in [5, 5.41) is 2.43. The van der Waals surface area contributed by atoms with Crippen LogP contribution in [0.5, 0.6) is 0 Å². The van der Waals surface area contributed by atoms with E-state index in [0.29, 0.717) is 0 Å². The maximum atomic E-state index is 13.7. The van der Waals surface area contributed by atoms with Crippen molar-refractivity contribution in [3.05, 3.63) is 40.4 Å². The number of fused-ring (bicyclic) bond motifs is 1. The fourth-order valence-electron chi connectivity index (χ4n) is 2.35. The van der Waals surface area contributed by atoms with Gasteiger partial charge in [-0.25, -0.2) is 4.79 Å². The first-order valence-corrected chi connectivity index (χ1v) is 6.74. The highest BCUT2D eigenvalue weighted by molar-refractivity contribution is 6.30. The second kappa shape index (κ2) is 4.66. The van der Waals surface area contributed by atoms with Crippen LogP contribution in [0.25, 0.3) is 0 Å².